The van der Waals surface area contributed by atoms with Gasteiger partial charge in [-0.1, -0.05) is 35.9 Å². The SMILES string of the molecule is COc1cccc(CC[NH2+]Cc2ccc(C)cc2C)c1. The number of benzene rings is 2. The van der Waals surface area contributed by atoms with Gasteiger partial charge in [-0.2, -0.15) is 0 Å². The number of rotatable bonds is 6. The van der Waals surface area contributed by atoms with Crippen molar-refractivity contribution in [3.63, 3.8) is 0 Å². The molecule has 0 aliphatic carbocycles. The van der Waals surface area contributed by atoms with Gasteiger partial charge in [0, 0.05) is 12.0 Å². The lowest BCUT2D eigenvalue weighted by molar-refractivity contribution is -0.670. The summed E-state index contributed by atoms with van der Waals surface area (Å²) >= 11 is 0. The van der Waals surface area contributed by atoms with E-state index in [9.17, 15) is 0 Å². The zero-order valence-electron chi connectivity index (χ0n) is 12.6. The molecule has 0 aliphatic heterocycles. The second kappa shape index (κ2) is 7.11. The van der Waals surface area contributed by atoms with Gasteiger partial charge in [-0.25, -0.2) is 0 Å². The first-order valence-corrected chi connectivity index (χ1v) is 7.20. The maximum absolute atomic E-state index is 5.25. The monoisotopic (exact) mass is 270 g/mol. The summed E-state index contributed by atoms with van der Waals surface area (Å²) in [5, 5.41) is 2.37. The molecule has 0 heterocycles. The maximum atomic E-state index is 5.25. The molecule has 2 aromatic carbocycles. The Hall–Kier alpha value is -1.80. The van der Waals surface area contributed by atoms with Crippen LogP contribution in [0.15, 0.2) is 42.5 Å². The Kier molecular flexibility index (Phi) is 5.19. The molecule has 0 unspecified atom stereocenters. The molecule has 2 N–H and O–H groups in total. The first kappa shape index (κ1) is 14.6. The molecule has 0 saturated carbocycles. The van der Waals surface area contributed by atoms with E-state index in [0.29, 0.717) is 0 Å². The summed E-state index contributed by atoms with van der Waals surface area (Å²) in [6.45, 7) is 6.48. The topological polar surface area (TPSA) is 25.8 Å². The predicted molar refractivity (Wildman–Crippen MR) is 83.1 cm³/mol. The van der Waals surface area contributed by atoms with E-state index in [4.69, 9.17) is 4.74 Å². The van der Waals surface area contributed by atoms with E-state index in [0.717, 1.165) is 25.3 Å². The summed E-state index contributed by atoms with van der Waals surface area (Å²) in [5.74, 6) is 0.942. The van der Waals surface area contributed by atoms with Crippen molar-refractivity contribution >= 4 is 0 Å². The van der Waals surface area contributed by atoms with E-state index < -0.39 is 0 Å². The molecule has 2 rings (SSSR count). The van der Waals surface area contributed by atoms with Crippen molar-refractivity contribution in [3.05, 3.63) is 64.7 Å². The van der Waals surface area contributed by atoms with Crippen molar-refractivity contribution in [2.24, 2.45) is 0 Å². The minimum atomic E-state index is 0.942. The number of nitrogens with two attached hydrogens (primary N) is 1. The van der Waals surface area contributed by atoms with Gasteiger partial charge in [0.25, 0.3) is 0 Å². The summed E-state index contributed by atoms with van der Waals surface area (Å²) in [4.78, 5) is 0. The average Bonchev–Trinajstić information content (AvgIpc) is 2.45. The van der Waals surface area contributed by atoms with Crippen molar-refractivity contribution < 1.29 is 10.1 Å². The highest BCUT2D eigenvalue weighted by Crippen LogP contribution is 2.12. The van der Waals surface area contributed by atoms with Crippen LogP contribution >= 0.6 is 0 Å². The molecule has 0 bridgehead atoms. The summed E-state index contributed by atoms with van der Waals surface area (Å²) in [7, 11) is 1.71. The summed E-state index contributed by atoms with van der Waals surface area (Å²) < 4.78 is 5.25. The fraction of sp³-hybridized carbons (Fsp3) is 0.333. The lowest BCUT2D eigenvalue weighted by atomic mass is 10.1. The first-order valence-electron chi connectivity index (χ1n) is 7.20. The molecule has 2 nitrogen and oxygen atoms in total. The minimum absolute atomic E-state index is 0.942. The molecule has 0 spiro atoms. The fourth-order valence-electron chi connectivity index (χ4n) is 2.43. The molecule has 2 heteroatoms. The van der Waals surface area contributed by atoms with Gasteiger partial charge in [0.2, 0.25) is 0 Å². The zero-order chi connectivity index (χ0) is 14.4. The van der Waals surface area contributed by atoms with Crippen molar-refractivity contribution in [1.29, 1.82) is 0 Å². The van der Waals surface area contributed by atoms with Crippen LogP contribution in [0.2, 0.25) is 0 Å². The summed E-state index contributed by atoms with van der Waals surface area (Å²) in [6, 6.07) is 15.0. The standard InChI is InChI=1S/C18H23NO/c1-14-7-8-17(15(2)11-14)13-19-10-9-16-5-4-6-18(12-16)20-3/h4-8,11-12,19H,9-10,13H2,1-3H3/p+1. The Labute approximate surface area is 121 Å². The molecular weight excluding hydrogens is 246 g/mol. The van der Waals surface area contributed by atoms with Gasteiger partial charge < -0.3 is 10.1 Å². The molecule has 106 valence electrons. The Bertz CT molecular complexity index is 563. The van der Waals surface area contributed by atoms with Crippen molar-refractivity contribution in [3.8, 4) is 5.75 Å². The number of methoxy groups -OCH3 is 1. The van der Waals surface area contributed by atoms with E-state index >= 15 is 0 Å². The number of ether oxygens (including phenoxy) is 1. The Morgan fingerprint density at radius 2 is 1.90 bits per heavy atom. The second-order valence-electron chi connectivity index (χ2n) is 5.31. The van der Waals surface area contributed by atoms with Gasteiger partial charge in [0.1, 0.15) is 12.3 Å². The molecule has 0 fully saturated rings. The van der Waals surface area contributed by atoms with E-state index in [-0.39, 0.29) is 0 Å². The van der Waals surface area contributed by atoms with Gasteiger partial charge in [0.15, 0.2) is 0 Å². The van der Waals surface area contributed by atoms with Gasteiger partial charge in [-0.15, -0.1) is 0 Å². The lowest BCUT2D eigenvalue weighted by Gasteiger charge is -2.07. The second-order valence-corrected chi connectivity index (χ2v) is 5.31. The van der Waals surface area contributed by atoms with Crippen LogP contribution in [-0.2, 0) is 13.0 Å². The van der Waals surface area contributed by atoms with Crippen LogP contribution in [0, 0.1) is 13.8 Å². The van der Waals surface area contributed by atoms with Crippen LogP contribution in [0.3, 0.4) is 0 Å². The van der Waals surface area contributed by atoms with Gasteiger partial charge in [0.05, 0.1) is 13.7 Å². The van der Waals surface area contributed by atoms with Crippen LogP contribution in [0.1, 0.15) is 22.3 Å². The van der Waals surface area contributed by atoms with Crippen molar-refractivity contribution in [1.82, 2.24) is 0 Å². The molecular formula is C18H24NO+. The minimum Gasteiger partial charge on any atom is -0.497 e. The highest BCUT2D eigenvalue weighted by Gasteiger charge is 2.01. The van der Waals surface area contributed by atoms with Crippen LogP contribution in [0.4, 0.5) is 0 Å². The molecule has 20 heavy (non-hydrogen) atoms. The lowest BCUT2D eigenvalue weighted by Crippen LogP contribution is -2.83. The van der Waals surface area contributed by atoms with Crippen molar-refractivity contribution in [2.75, 3.05) is 13.7 Å². The molecule has 0 radical (unpaired) electrons. The third kappa shape index (κ3) is 4.10. The smallest absolute Gasteiger partial charge is 0.119 e. The van der Waals surface area contributed by atoms with Gasteiger partial charge >= 0.3 is 0 Å². The molecule has 0 aliphatic rings. The summed E-state index contributed by atoms with van der Waals surface area (Å²) in [6.07, 6.45) is 1.07. The molecule has 0 amide bonds. The van der Waals surface area contributed by atoms with Crippen LogP contribution in [0.25, 0.3) is 0 Å². The number of aryl methyl sites for hydroxylation is 2. The van der Waals surface area contributed by atoms with Crippen LogP contribution < -0.4 is 10.1 Å². The largest absolute Gasteiger partial charge is 0.497 e. The third-order valence-corrected chi connectivity index (χ3v) is 3.63. The Morgan fingerprint density at radius 1 is 1.05 bits per heavy atom. The first-order chi connectivity index (χ1) is 9.69. The van der Waals surface area contributed by atoms with Crippen molar-refractivity contribution in [2.45, 2.75) is 26.8 Å². The Morgan fingerprint density at radius 3 is 2.65 bits per heavy atom. The van der Waals surface area contributed by atoms with Crippen LogP contribution in [-0.4, -0.2) is 13.7 Å². The Balaban J connectivity index is 1.81. The molecule has 2 aromatic rings. The highest BCUT2D eigenvalue weighted by molar-refractivity contribution is 5.30. The van der Waals surface area contributed by atoms with E-state index in [1.54, 1.807) is 7.11 Å². The average molecular weight is 270 g/mol. The molecule has 0 atom stereocenters. The predicted octanol–water partition coefficient (Wildman–Crippen LogP) is 2.62. The van der Waals surface area contributed by atoms with Gasteiger partial charge in [-0.05, 0) is 37.1 Å². The van der Waals surface area contributed by atoms with E-state index in [1.165, 1.54) is 22.3 Å². The molecule has 0 aromatic heterocycles. The van der Waals surface area contributed by atoms with E-state index in [2.05, 4.69) is 55.6 Å². The number of hydrogen-bond donors (Lipinski definition) is 1. The number of quaternary nitrogens is 1. The third-order valence-electron chi connectivity index (χ3n) is 3.63. The zero-order valence-corrected chi connectivity index (χ0v) is 12.6. The maximum Gasteiger partial charge on any atom is 0.119 e. The van der Waals surface area contributed by atoms with Gasteiger partial charge in [-0.3, -0.25) is 0 Å². The molecule has 0 saturated heterocycles. The fourth-order valence-corrected chi connectivity index (χ4v) is 2.43. The number of hydrogen-bond acceptors (Lipinski definition) is 1. The van der Waals surface area contributed by atoms with Crippen LogP contribution in [0.5, 0.6) is 5.75 Å². The summed E-state index contributed by atoms with van der Waals surface area (Å²) in [5.41, 5.74) is 5.49. The normalized spacial score (nSPS) is 10.6. The quantitative estimate of drug-likeness (QED) is 0.802. The van der Waals surface area contributed by atoms with E-state index in [1.807, 2.05) is 6.07 Å². The highest BCUT2D eigenvalue weighted by atomic mass is 16.5.